The summed E-state index contributed by atoms with van der Waals surface area (Å²) in [5.74, 6) is 0.523. The lowest BCUT2D eigenvalue weighted by Crippen LogP contribution is -2.62. The van der Waals surface area contributed by atoms with Crippen LogP contribution < -0.4 is 36.0 Å². The normalized spacial score (nSPS) is 28.4. The fraction of sp³-hybridized carbons (Fsp3) is 0.500. The summed E-state index contributed by atoms with van der Waals surface area (Å²) in [5, 5.41) is 0. The van der Waals surface area contributed by atoms with Gasteiger partial charge >= 0.3 is 0 Å². The van der Waals surface area contributed by atoms with Crippen LogP contribution >= 0.6 is 0 Å². The van der Waals surface area contributed by atoms with Gasteiger partial charge in [0.05, 0.1) is 11.1 Å². The van der Waals surface area contributed by atoms with Crippen molar-refractivity contribution in [2.45, 2.75) is 264 Å². The first kappa shape index (κ1) is 57.9. The van der Waals surface area contributed by atoms with Gasteiger partial charge in [0.2, 0.25) is 0 Å². The van der Waals surface area contributed by atoms with Crippen molar-refractivity contribution in [2.75, 3.05) is 19.6 Å². The van der Waals surface area contributed by atoms with E-state index >= 15 is 0 Å². The highest BCUT2D eigenvalue weighted by Gasteiger charge is 2.63. The average Bonchev–Trinajstić information content (AvgIpc) is 1.66. The predicted molar refractivity (Wildman–Crippen MR) is 381 cm³/mol. The van der Waals surface area contributed by atoms with Crippen LogP contribution in [0.1, 0.15) is 250 Å². The van der Waals surface area contributed by atoms with Crippen LogP contribution in [0.2, 0.25) is 0 Å². The SMILES string of the molecule is Cc1cc2c3c(c1)N1c4cc5c(cc4C)C(C)(C)CCC5(C)C4CCC5(C)c6cc(C(C)(C)C)ccc6N(c6ccc(c1c6)B3c1ccc(N3c6ccc(C(C)(C)C)cc6C6(C)CCCCC36C)cc1N2c1cc2c(cc1C)C(C)(C)CCC2(C)C)C5(C)C4. The molecule has 6 bridgehead atoms. The second kappa shape index (κ2) is 17.9. The number of aryl methyl sites for hydroxylation is 3. The highest BCUT2D eigenvalue weighted by Crippen LogP contribution is 2.67. The Hall–Kier alpha value is -6.20. The maximum Gasteiger partial charge on any atom is 0.252 e. The second-order valence-corrected chi connectivity index (χ2v) is 35.7. The molecule has 5 heterocycles. The molecule has 0 radical (unpaired) electrons. The van der Waals surface area contributed by atoms with E-state index in [1.807, 2.05) is 0 Å². The van der Waals surface area contributed by atoms with Crippen LogP contribution in [0.25, 0.3) is 0 Å². The molecule has 0 spiro atoms. The summed E-state index contributed by atoms with van der Waals surface area (Å²) in [4.78, 5) is 11.3. The lowest BCUT2D eigenvalue weighted by molar-refractivity contribution is 0.0840. The van der Waals surface area contributed by atoms with Crippen LogP contribution in [0.5, 0.6) is 0 Å². The average molecular weight is 1180 g/mol. The van der Waals surface area contributed by atoms with Crippen LogP contribution in [0, 0.1) is 26.7 Å². The molecule has 7 aromatic rings. The predicted octanol–water partition coefficient (Wildman–Crippen LogP) is 20.7. The molecule has 0 aromatic heterocycles. The van der Waals surface area contributed by atoms with E-state index in [-0.39, 0.29) is 61.1 Å². The van der Waals surface area contributed by atoms with Gasteiger partial charge in [0.15, 0.2) is 0 Å². The Morgan fingerprint density at radius 2 is 0.843 bits per heavy atom. The largest absolute Gasteiger partial charge is 0.334 e. The zero-order valence-corrected chi connectivity index (χ0v) is 58.1. The molecule has 16 rings (SSSR count). The second-order valence-electron chi connectivity index (χ2n) is 35.7. The fourth-order valence-corrected chi connectivity index (χ4v) is 20.9. The van der Waals surface area contributed by atoms with Crippen molar-refractivity contribution in [3.63, 3.8) is 0 Å². The number of fused-ring (bicyclic) bond motifs is 17. The summed E-state index contributed by atoms with van der Waals surface area (Å²) in [6, 6.07) is 46.9. The van der Waals surface area contributed by atoms with Crippen molar-refractivity contribution in [3.05, 3.63) is 170 Å². The highest BCUT2D eigenvalue weighted by atomic mass is 15.3. The number of nitrogens with zero attached hydrogens (tertiary/aromatic N) is 4. The molecule has 4 aliphatic carbocycles. The van der Waals surface area contributed by atoms with E-state index in [1.54, 1.807) is 16.7 Å². The van der Waals surface area contributed by atoms with E-state index in [1.165, 1.54) is 176 Å². The number of hydrogen-bond donors (Lipinski definition) is 0. The summed E-state index contributed by atoms with van der Waals surface area (Å²) >= 11 is 0. The maximum absolute atomic E-state index is 2.90. The van der Waals surface area contributed by atoms with Crippen LogP contribution in [-0.2, 0) is 43.3 Å². The van der Waals surface area contributed by atoms with Crippen molar-refractivity contribution in [1.29, 1.82) is 0 Å². The molecular formula is C84H101BN4. The van der Waals surface area contributed by atoms with E-state index in [2.05, 4.69) is 267 Å². The smallest absolute Gasteiger partial charge is 0.252 e. The molecule has 6 unspecified atom stereocenters. The minimum absolute atomic E-state index is 0.00534. The van der Waals surface area contributed by atoms with Gasteiger partial charge in [-0.15, -0.1) is 0 Å². The lowest BCUT2D eigenvalue weighted by Gasteiger charge is -2.58. The fourth-order valence-electron chi connectivity index (χ4n) is 20.9. The molecule has 460 valence electrons. The van der Waals surface area contributed by atoms with Gasteiger partial charge in [-0.1, -0.05) is 165 Å². The molecule has 2 saturated carbocycles. The Bertz CT molecular complexity index is 4260. The van der Waals surface area contributed by atoms with Crippen molar-refractivity contribution in [1.82, 2.24) is 0 Å². The van der Waals surface area contributed by atoms with E-state index < -0.39 is 0 Å². The number of hydrogen-bond acceptors (Lipinski definition) is 4. The Morgan fingerprint density at radius 3 is 1.36 bits per heavy atom. The molecule has 5 heteroatoms. The summed E-state index contributed by atoms with van der Waals surface area (Å²) in [7, 11) is 0. The molecule has 5 aliphatic heterocycles. The first-order valence-electron chi connectivity index (χ1n) is 34.9. The molecule has 2 fully saturated rings. The minimum atomic E-state index is -0.161. The van der Waals surface area contributed by atoms with Crippen molar-refractivity contribution in [2.24, 2.45) is 5.92 Å². The van der Waals surface area contributed by atoms with Gasteiger partial charge in [-0.2, -0.15) is 0 Å². The zero-order chi connectivity index (χ0) is 62.8. The van der Waals surface area contributed by atoms with Gasteiger partial charge in [-0.25, -0.2) is 0 Å². The first-order valence-corrected chi connectivity index (χ1v) is 34.9. The van der Waals surface area contributed by atoms with Gasteiger partial charge in [0.1, 0.15) is 0 Å². The first-order chi connectivity index (χ1) is 41.7. The lowest BCUT2D eigenvalue weighted by atomic mass is 9.33. The molecular weight excluding hydrogens is 1080 g/mol. The summed E-state index contributed by atoms with van der Waals surface area (Å²) in [6.07, 6.45) is 13.2. The van der Waals surface area contributed by atoms with Crippen LogP contribution in [0.15, 0.2) is 109 Å². The van der Waals surface area contributed by atoms with E-state index in [0.717, 1.165) is 12.8 Å². The van der Waals surface area contributed by atoms with E-state index in [4.69, 9.17) is 0 Å². The molecule has 0 amide bonds. The zero-order valence-electron chi connectivity index (χ0n) is 58.1. The van der Waals surface area contributed by atoms with Gasteiger partial charge in [-0.05, 0) is 269 Å². The van der Waals surface area contributed by atoms with Gasteiger partial charge in [0.25, 0.3) is 6.71 Å². The van der Waals surface area contributed by atoms with Crippen LogP contribution in [0.3, 0.4) is 0 Å². The maximum atomic E-state index is 2.90. The highest BCUT2D eigenvalue weighted by molar-refractivity contribution is 7.00. The molecule has 0 N–H and O–H groups in total. The third-order valence-electron chi connectivity index (χ3n) is 27.2. The quantitative estimate of drug-likeness (QED) is 0.160. The van der Waals surface area contributed by atoms with E-state index in [0.29, 0.717) is 5.92 Å². The van der Waals surface area contributed by atoms with Crippen LogP contribution in [0.4, 0.5) is 56.9 Å². The molecule has 9 aliphatic rings. The third kappa shape index (κ3) is 7.49. The molecule has 7 aromatic carbocycles. The van der Waals surface area contributed by atoms with Crippen molar-refractivity contribution >= 4 is 80.0 Å². The standard InChI is InChI=1S/C84H101BN4/c1-50-39-72-74-73(40-50)87-69-48-61-59(42-52(69)3)79(14,15)37-38-80(61,16)55-31-34-82(18)63-44-54(76(7,8)9)24-30-67(63)89(84(82,20)49-55)57-26-28-65(71(87)46-57)85(74)64-27-25-56(45-70(64)86(72)68-47-60-58(41-51(68)2)77(10,11)35-36-78(60,12)13)88-66-29-23-53(75(4,5)6)43-62(66)81(17)32-21-22-33-83(81,88)19/h23-30,39-48,55H,21-22,31-38,49H2,1-20H3. The molecule has 4 nitrogen and oxygen atoms in total. The van der Waals surface area contributed by atoms with Crippen molar-refractivity contribution < 1.29 is 0 Å². The van der Waals surface area contributed by atoms with Gasteiger partial charge in [-0.3, -0.25) is 0 Å². The van der Waals surface area contributed by atoms with Gasteiger partial charge in [0, 0.05) is 67.7 Å². The number of anilines is 10. The molecule has 89 heavy (non-hydrogen) atoms. The number of rotatable bonds is 2. The summed E-state index contributed by atoms with van der Waals surface area (Å²) in [5.41, 5.74) is 33.7. The summed E-state index contributed by atoms with van der Waals surface area (Å²) in [6.45, 7) is 50.0. The molecule has 6 atom stereocenters. The van der Waals surface area contributed by atoms with Crippen LogP contribution in [-0.4, -0.2) is 17.8 Å². The molecule has 0 saturated heterocycles. The Kier molecular flexibility index (Phi) is 11.6. The topological polar surface area (TPSA) is 13.0 Å². The van der Waals surface area contributed by atoms with Crippen molar-refractivity contribution in [3.8, 4) is 0 Å². The Balaban J connectivity index is 0.996. The summed E-state index contributed by atoms with van der Waals surface area (Å²) < 4.78 is 0. The van der Waals surface area contributed by atoms with Gasteiger partial charge < -0.3 is 19.6 Å². The Morgan fingerprint density at radius 1 is 0.393 bits per heavy atom. The number of benzene rings is 7. The minimum Gasteiger partial charge on any atom is -0.334 e. The monoisotopic (exact) mass is 1180 g/mol. The van der Waals surface area contributed by atoms with E-state index in [9.17, 15) is 0 Å². The Labute approximate surface area is 536 Å². The third-order valence-corrected chi connectivity index (χ3v) is 27.2.